The average molecular weight is 1290 g/mol. The Morgan fingerprint density at radius 3 is 0.989 bits per heavy atom. The van der Waals surface area contributed by atoms with Crippen molar-refractivity contribution in [2.45, 2.75) is 293 Å². The lowest BCUT2D eigenvalue weighted by Crippen LogP contribution is -2.44. The Kier molecular flexibility index (Phi) is 17.1. The number of benzene rings is 1. The topological polar surface area (TPSA) is 246 Å². The van der Waals surface area contributed by atoms with Gasteiger partial charge in [-0.1, -0.05) is 12.1 Å². The first-order valence-electron chi connectivity index (χ1n) is 31.6. The Morgan fingerprint density at radius 2 is 0.678 bits per heavy atom. The summed E-state index contributed by atoms with van der Waals surface area (Å²) < 4.78 is 159. The Balaban J connectivity index is 0.770. The molecule has 13 aliphatic heterocycles. The first kappa shape index (κ1) is 64.9. The van der Waals surface area contributed by atoms with Crippen molar-refractivity contribution < 1.29 is 114 Å². The standard InChI is InChI=1S/C63H90N2O24S/c1-56(2)70-25-36(78-56)40-44(48-52(74-40)86-60(9,10)82-48)66-21-31-17-32(22-67-45-41(37-26-71-57(3,4)79-37)75-53-49(45)83-61(11,12)87-53)20-35(19-31)64-65-90-29-33(23-68-46-42(38-27-72-58(5,6)80-38)76-54-50(46)84-62(13,14)88-54)18-34(30-90)24-69-47-43(39-28-73-59(7,8)81-39)77-55-51(47)85-63(15,16)89-55/h17-20,29-30,36-55H,21-28H2,1-16H3/t36-,37-,38-,39-,40-,41-,42-,43-,44+,45+,46+,47+,48-,49-,50-,51-,52-,53-,54-,55-/m1/s1. The van der Waals surface area contributed by atoms with Gasteiger partial charge in [-0.15, -0.1) is 9.63 Å². The number of nitrogens with zero attached hydrogens (tertiary/aromatic N) is 2. The third-order valence-corrected chi connectivity index (χ3v) is 19.0. The first-order valence-corrected chi connectivity index (χ1v) is 32.9. The maximum absolute atomic E-state index is 6.91. The summed E-state index contributed by atoms with van der Waals surface area (Å²) in [6.07, 6.45) is -9.24. The Morgan fingerprint density at radius 1 is 0.367 bits per heavy atom. The van der Waals surface area contributed by atoms with Crippen LogP contribution in [0.25, 0.3) is 0 Å². The molecule has 90 heavy (non-hydrogen) atoms. The molecule has 0 N–H and O–H groups in total. The first-order chi connectivity index (χ1) is 42.3. The van der Waals surface area contributed by atoms with E-state index in [1.165, 1.54) is 0 Å². The predicted molar refractivity (Wildman–Crippen MR) is 312 cm³/mol. The Bertz CT molecular complexity index is 2810. The van der Waals surface area contributed by atoms with E-state index < -0.39 is 180 Å². The zero-order chi connectivity index (χ0) is 63.3. The van der Waals surface area contributed by atoms with Gasteiger partial charge in [-0.3, -0.25) is 0 Å². The van der Waals surface area contributed by atoms with Crippen molar-refractivity contribution in [1.82, 2.24) is 0 Å². The predicted octanol–water partition coefficient (Wildman–Crippen LogP) is 7.23. The lowest BCUT2D eigenvalue weighted by molar-refractivity contribution is -0.236. The van der Waals surface area contributed by atoms with E-state index >= 15 is 0 Å². The van der Waals surface area contributed by atoms with Gasteiger partial charge in [0.05, 0.1) is 58.5 Å². The van der Waals surface area contributed by atoms with Crippen molar-refractivity contribution in [3.05, 3.63) is 52.0 Å². The number of hydrogen-bond acceptors (Lipinski definition) is 26. The van der Waals surface area contributed by atoms with Gasteiger partial charge in [-0.2, -0.15) is 0 Å². The van der Waals surface area contributed by atoms with E-state index in [0.29, 0.717) is 32.1 Å². The van der Waals surface area contributed by atoms with Crippen LogP contribution in [0.4, 0.5) is 5.69 Å². The molecule has 0 spiro atoms. The summed E-state index contributed by atoms with van der Waals surface area (Å²) >= 11 is 0. The van der Waals surface area contributed by atoms with Gasteiger partial charge >= 0.3 is 0 Å². The minimum atomic E-state index is -0.989. The Hall–Kier alpha value is -2.44. The Labute approximate surface area is 527 Å². The van der Waals surface area contributed by atoms with Gasteiger partial charge in [0, 0.05) is 0 Å². The van der Waals surface area contributed by atoms with E-state index in [-0.39, 0.29) is 26.4 Å². The number of hydrogen-bond donors (Lipinski definition) is 0. The normalized spacial score (nSPS) is 44.3. The van der Waals surface area contributed by atoms with Gasteiger partial charge in [0.25, 0.3) is 0 Å². The molecule has 502 valence electrons. The van der Waals surface area contributed by atoms with E-state index in [1.54, 1.807) is 0 Å². The number of fused-ring (bicyclic) bond motifs is 4. The van der Waals surface area contributed by atoms with Crippen molar-refractivity contribution in [2.75, 3.05) is 39.6 Å². The highest BCUT2D eigenvalue weighted by atomic mass is 32.2. The van der Waals surface area contributed by atoms with Crippen LogP contribution in [-0.2, 0) is 127 Å². The van der Waals surface area contributed by atoms with Gasteiger partial charge in [-0.05, 0) is 167 Å². The molecule has 21 atom stereocenters. The second-order valence-electron chi connectivity index (χ2n) is 28.9. The molecule has 1 aromatic rings. The van der Waals surface area contributed by atoms with Crippen molar-refractivity contribution in [1.29, 1.82) is 0 Å². The molecule has 12 saturated heterocycles. The van der Waals surface area contributed by atoms with Crippen LogP contribution in [0.5, 0.6) is 0 Å². The maximum Gasteiger partial charge on any atom is 0.190 e. The fourth-order valence-corrected chi connectivity index (χ4v) is 15.4. The van der Waals surface area contributed by atoms with Crippen LogP contribution < -0.4 is 0 Å². The molecule has 0 amide bonds. The van der Waals surface area contributed by atoms with Gasteiger partial charge < -0.3 is 114 Å². The molecule has 26 nitrogen and oxygen atoms in total. The third-order valence-electron chi connectivity index (χ3n) is 17.7. The van der Waals surface area contributed by atoms with Crippen LogP contribution in [-0.4, -0.2) is 214 Å². The molecule has 12 fully saturated rings. The van der Waals surface area contributed by atoms with E-state index in [2.05, 4.69) is 0 Å². The summed E-state index contributed by atoms with van der Waals surface area (Å²) in [7, 11) is -0.989. The van der Waals surface area contributed by atoms with E-state index in [4.69, 9.17) is 123 Å². The van der Waals surface area contributed by atoms with E-state index in [0.717, 1.165) is 22.3 Å². The molecule has 0 bridgehead atoms. The molecule has 1 unspecified atom stereocenters. The fourth-order valence-electron chi connectivity index (χ4n) is 14.2. The molecular weight excluding hydrogens is 1200 g/mol. The van der Waals surface area contributed by atoms with Gasteiger partial charge in [0.15, 0.2) is 71.5 Å². The molecule has 0 aliphatic carbocycles. The van der Waals surface area contributed by atoms with Crippen LogP contribution >= 0.6 is 10.7 Å². The zero-order valence-corrected chi connectivity index (χ0v) is 55.1. The minimum Gasteiger partial charge on any atom is -0.368 e. The second kappa shape index (κ2) is 23.7. The van der Waals surface area contributed by atoms with Crippen LogP contribution in [0, 0.1) is 0 Å². The quantitative estimate of drug-likeness (QED) is 0.104. The largest absolute Gasteiger partial charge is 0.368 e. The molecule has 0 aromatic heterocycles. The molecular formula is C63H90N2O24S. The summed E-state index contributed by atoms with van der Waals surface area (Å²) in [4.78, 5) is 0. The minimum absolute atomic E-state index is 0.117. The molecule has 13 aliphatic rings. The summed E-state index contributed by atoms with van der Waals surface area (Å²) in [6.45, 7) is 31.6. The summed E-state index contributed by atoms with van der Waals surface area (Å²) in [5.41, 5.74) is 3.71. The monoisotopic (exact) mass is 1290 g/mol. The average Bonchev–Trinajstić information content (AvgIpc) is 1.66. The number of rotatable bonds is 18. The van der Waals surface area contributed by atoms with Crippen LogP contribution in [0.3, 0.4) is 0 Å². The van der Waals surface area contributed by atoms with Gasteiger partial charge in [0.2, 0.25) is 0 Å². The van der Waals surface area contributed by atoms with Crippen LogP contribution in [0.2, 0.25) is 0 Å². The maximum atomic E-state index is 6.91. The van der Waals surface area contributed by atoms with Crippen LogP contribution in [0.1, 0.15) is 122 Å². The smallest absolute Gasteiger partial charge is 0.190 e. The highest BCUT2D eigenvalue weighted by molar-refractivity contribution is 8.16. The van der Waals surface area contributed by atoms with E-state index in [9.17, 15) is 0 Å². The van der Waals surface area contributed by atoms with Crippen molar-refractivity contribution >= 4 is 21.7 Å². The summed E-state index contributed by atoms with van der Waals surface area (Å²) in [5, 5.41) is 9.09. The number of ether oxygens (including phenoxy) is 24. The second-order valence-corrected chi connectivity index (χ2v) is 30.2. The van der Waals surface area contributed by atoms with Gasteiger partial charge in [-0.25, -0.2) is 0 Å². The van der Waals surface area contributed by atoms with Crippen molar-refractivity contribution in [2.24, 2.45) is 9.63 Å². The molecule has 13 heterocycles. The lowest BCUT2D eigenvalue weighted by atomic mass is 10.0. The lowest BCUT2D eigenvalue weighted by Gasteiger charge is -2.29. The highest BCUT2D eigenvalue weighted by Gasteiger charge is 2.63. The summed E-state index contributed by atoms with van der Waals surface area (Å²) in [5.74, 6) is -6.83. The van der Waals surface area contributed by atoms with Gasteiger partial charge in [0.1, 0.15) is 97.7 Å². The summed E-state index contributed by atoms with van der Waals surface area (Å²) in [6, 6.07) is 5.91. The molecule has 27 heteroatoms. The molecule has 0 saturated carbocycles. The van der Waals surface area contributed by atoms with Crippen molar-refractivity contribution in [3.8, 4) is 0 Å². The zero-order valence-electron chi connectivity index (χ0n) is 54.3. The fraction of sp³-hybridized carbons (Fsp3) is 0.825. The molecule has 0 radical (unpaired) electrons. The van der Waals surface area contributed by atoms with Crippen molar-refractivity contribution in [3.63, 3.8) is 0 Å². The SMILES string of the molecule is CC1(C)O[C@H]2O[C@H]([C@H]3COC(C)(C)O3)[C@H](OCC3=CC(CO[C@@H]4[C@H]5OC(C)(C)O[C@H]5O[C@@H]4[C@H]4COC(C)(C)O4)=CS(N=Nc4cc(CO[C@@H]5[C@H]6OC(C)(C)O[C@H]6O[C@@H]5[C@H]5COC(C)(C)O5)cc(CO[C@@H]5[C@H]6OC(C)(C)O[C@H]6O[C@@H]5[C@H]5COC(C)(C)O5)c4)=C3)[C@H]2O1. The molecule has 1 aromatic carbocycles. The third kappa shape index (κ3) is 13.8. The molecule has 14 rings (SSSR count). The van der Waals surface area contributed by atoms with E-state index in [1.807, 2.05) is 146 Å². The van der Waals surface area contributed by atoms with Crippen LogP contribution in [0.15, 0.2) is 50.5 Å². The highest BCUT2D eigenvalue weighted by Crippen LogP contribution is 2.48.